The molecule has 0 amide bonds. The predicted octanol–water partition coefficient (Wildman–Crippen LogP) is 2.78. The molecule has 1 aliphatic rings. The van der Waals surface area contributed by atoms with Crippen molar-refractivity contribution in [3.63, 3.8) is 0 Å². The maximum atomic E-state index is 10.1. The zero-order valence-corrected chi connectivity index (χ0v) is 12.0. The molecule has 0 fully saturated rings. The minimum atomic E-state index is -1.26. The molecular formula is C16H25NO2. The second-order valence-corrected chi connectivity index (χ2v) is 5.68. The zero-order valence-electron chi connectivity index (χ0n) is 12.0. The summed E-state index contributed by atoms with van der Waals surface area (Å²) < 4.78 is 5.67. The Labute approximate surface area is 115 Å². The zero-order chi connectivity index (χ0) is 13.9. The normalized spacial score (nSPS) is 25.8. The Kier molecular flexibility index (Phi) is 4.48. The van der Waals surface area contributed by atoms with Crippen LogP contribution in [0.25, 0.3) is 0 Å². The first-order chi connectivity index (χ1) is 9.03. The standard InChI is InChI=1S/C16H25NO2/c1-3-4-5-6-7-13-8-9-15-14(10-13)11-16(17,18)12(2)19-15/h8-10,12,18H,3-7,11,17H2,1-2H3. The van der Waals surface area contributed by atoms with Crippen LogP contribution in [0, 0.1) is 0 Å². The van der Waals surface area contributed by atoms with Crippen molar-refractivity contribution < 1.29 is 9.84 Å². The number of aryl methyl sites for hydroxylation is 1. The van der Waals surface area contributed by atoms with Gasteiger partial charge in [-0.15, -0.1) is 0 Å². The molecule has 106 valence electrons. The van der Waals surface area contributed by atoms with E-state index in [1.807, 2.05) is 13.0 Å². The summed E-state index contributed by atoms with van der Waals surface area (Å²) in [5.74, 6) is 0.861. The molecule has 2 unspecified atom stereocenters. The third-order valence-electron chi connectivity index (χ3n) is 3.93. The minimum Gasteiger partial charge on any atom is -0.486 e. The van der Waals surface area contributed by atoms with Crippen LogP contribution in [0.3, 0.4) is 0 Å². The van der Waals surface area contributed by atoms with E-state index >= 15 is 0 Å². The van der Waals surface area contributed by atoms with Crippen LogP contribution in [-0.2, 0) is 12.8 Å². The van der Waals surface area contributed by atoms with E-state index < -0.39 is 5.72 Å². The fraction of sp³-hybridized carbons (Fsp3) is 0.625. The van der Waals surface area contributed by atoms with E-state index in [1.165, 1.54) is 31.2 Å². The summed E-state index contributed by atoms with van der Waals surface area (Å²) in [6.45, 7) is 4.03. The monoisotopic (exact) mass is 263 g/mol. The van der Waals surface area contributed by atoms with E-state index in [-0.39, 0.29) is 6.10 Å². The highest BCUT2D eigenvalue weighted by Gasteiger charge is 2.36. The molecule has 0 radical (unpaired) electrons. The van der Waals surface area contributed by atoms with Crippen LogP contribution in [0.1, 0.15) is 50.7 Å². The third kappa shape index (κ3) is 3.48. The summed E-state index contributed by atoms with van der Waals surface area (Å²) in [7, 11) is 0. The van der Waals surface area contributed by atoms with Crippen molar-refractivity contribution in [3.8, 4) is 5.75 Å². The van der Waals surface area contributed by atoms with Crippen molar-refractivity contribution in [1.82, 2.24) is 0 Å². The van der Waals surface area contributed by atoms with Gasteiger partial charge in [-0.1, -0.05) is 38.3 Å². The molecule has 1 aliphatic heterocycles. The topological polar surface area (TPSA) is 55.5 Å². The van der Waals surface area contributed by atoms with Crippen molar-refractivity contribution in [1.29, 1.82) is 0 Å². The minimum absolute atomic E-state index is 0.365. The lowest BCUT2D eigenvalue weighted by Crippen LogP contribution is -2.55. The molecule has 0 saturated heterocycles. The lowest BCUT2D eigenvalue weighted by atomic mass is 9.93. The quantitative estimate of drug-likeness (QED) is 0.634. The smallest absolute Gasteiger partial charge is 0.154 e. The first-order valence-corrected chi connectivity index (χ1v) is 7.32. The van der Waals surface area contributed by atoms with Crippen LogP contribution in [-0.4, -0.2) is 16.9 Å². The Morgan fingerprint density at radius 2 is 2.16 bits per heavy atom. The van der Waals surface area contributed by atoms with E-state index in [0.717, 1.165) is 17.7 Å². The number of hydrogen-bond acceptors (Lipinski definition) is 3. The van der Waals surface area contributed by atoms with Crippen molar-refractivity contribution in [2.75, 3.05) is 0 Å². The van der Waals surface area contributed by atoms with Gasteiger partial charge in [0.15, 0.2) is 5.72 Å². The number of hydrogen-bond donors (Lipinski definition) is 2. The SMILES string of the molecule is CCCCCCc1ccc2c(c1)CC(N)(O)C(C)O2. The first kappa shape index (κ1) is 14.4. The Hall–Kier alpha value is -1.06. The third-order valence-corrected chi connectivity index (χ3v) is 3.93. The number of aliphatic hydroxyl groups is 1. The molecule has 1 aromatic rings. The van der Waals surface area contributed by atoms with Crippen LogP contribution >= 0.6 is 0 Å². The van der Waals surface area contributed by atoms with Crippen LogP contribution in [0.2, 0.25) is 0 Å². The van der Waals surface area contributed by atoms with Gasteiger partial charge in [-0.3, -0.25) is 0 Å². The molecule has 1 aromatic carbocycles. The number of nitrogens with two attached hydrogens (primary N) is 1. The molecule has 2 rings (SSSR count). The summed E-state index contributed by atoms with van der Waals surface area (Å²) in [6, 6.07) is 6.26. The van der Waals surface area contributed by atoms with Gasteiger partial charge in [0.05, 0.1) is 0 Å². The maximum absolute atomic E-state index is 10.1. The number of unbranched alkanes of at least 4 members (excludes halogenated alkanes) is 3. The largest absolute Gasteiger partial charge is 0.486 e. The van der Waals surface area contributed by atoms with Gasteiger partial charge < -0.3 is 15.6 Å². The van der Waals surface area contributed by atoms with Gasteiger partial charge in [0.1, 0.15) is 11.9 Å². The van der Waals surface area contributed by atoms with Gasteiger partial charge in [0, 0.05) is 6.42 Å². The molecule has 3 N–H and O–H groups in total. The Bertz CT molecular complexity index is 429. The number of fused-ring (bicyclic) bond motifs is 1. The molecule has 0 saturated carbocycles. The van der Waals surface area contributed by atoms with Crippen LogP contribution in [0.4, 0.5) is 0 Å². The van der Waals surface area contributed by atoms with Crippen molar-refractivity contribution in [2.45, 2.75) is 64.2 Å². The summed E-state index contributed by atoms with van der Waals surface area (Å²) in [5, 5.41) is 10.1. The van der Waals surface area contributed by atoms with Crippen molar-refractivity contribution in [2.24, 2.45) is 5.73 Å². The summed E-state index contributed by atoms with van der Waals surface area (Å²) in [5.41, 5.74) is 6.93. The highest BCUT2D eigenvalue weighted by molar-refractivity contribution is 5.40. The highest BCUT2D eigenvalue weighted by atomic mass is 16.5. The highest BCUT2D eigenvalue weighted by Crippen LogP contribution is 2.31. The van der Waals surface area contributed by atoms with Crippen molar-refractivity contribution >= 4 is 0 Å². The number of ether oxygens (including phenoxy) is 1. The lowest BCUT2D eigenvalue weighted by molar-refractivity contribution is -0.0609. The number of rotatable bonds is 5. The summed E-state index contributed by atoms with van der Waals surface area (Å²) in [6.07, 6.45) is 6.25. The summed E-state index contributed by atoms with van der Waals surface area (Å²) in [4.78, 5) is 0. The fourth-order valence-corrected chi connectivity index (χ4v) is 2.54. The average Bonchev–Trinajstić information content (AvgIpc) is 2.36. The second kappa shape index (κ2) is 5.93. The molecule has 19 heavy (non-hydrogen) atoms. The molecule has 3 heteroatoms. The molecular weight excluding hydrogens is 238 g/mol. The molecule has 2 atom stereocenters. The van der Waals surface area contributed by atoms with Gasteiger partial charge >= 0.3 is 0 Å². The fourth-order valence-electron chi connectivity index (χ4n) is 2.54. The Morgan fingerprint density at radius 3 is 2.89 bits per heavy atom. The van der Waals surface area contributed by atoms with Gasteiger partial charge in [-0.25, -0.2) is 0 Å². The van der Waals surface area contributed by atoms with Crippen LogP contribution in [0.15, 0.2) is 18.2 Å². The van der Waals surface area contributed by atoms with Gasteiger partial charge in [-0.05, 0) is 37.0 Å². The van der Waals surface area contributed by atoms with E-state index in [2.05, 4.69) is 19.1 Å². The number of benzene rings is 1. The lowest BCUT2D eigenvalue weighted by Gasteiger charge is -2.36. The molecule has 0 aromatic heterocycles. The van der Waals surface area contributed by atoms with E-state index in [4.69, 9.17) is 10.5 Å². The van der Waals surface area contributed by atoms with E-state index in [0.29, 0.717) is 6.42 Å². The molecule has 1 heterocycles. The molecule has 0 aliphatic carbocycles. The van der Waals surface area contributed by atoms with Crippen LogP contribution in [0.5, 0.6) is 5.75 Å². The predicted molar refractivity (Wildman–Crippen MR) is 77.2 cm³/mol. The summed E-state index contributed by atoms with van der Waals surface area (Å²) >= 11 is 0. The molecule has 3 nitrogen and oxygen atoms in total. The van der Waals surface area contributed by atoms with E-state index in [9.17, 15) is 5.11 Å². The van der Waals surface area contributed by atoms with Gasteiger partial charge in [-0.2, -0.15) is 0 Å². The van der Waals surface area contributed by atoms with Gasteiger partial charge in [0.2, 0.25) is 0 Å². The Balaban J connectivity index is 2.03. The molecule has 0 spiro atoms. The van der Waals surface area contributed by atoms with E-state index in [1.54, 1.807) is 0 Å². The Morgan fingerprint density at radius 1 is 1.37 bits per heavy atom. The van der Waals surface area contributed by atoms with Gasteiger partial charge in [0.25, 0.3) is 0 Å². The molecule has 0 bridgehead atoms. The van der Waals surface area contributed by atoms with Crippen molar-refractivity contribution in [3.05, 3.63) is 29.3 Å². The first-order valence-electron chi connectivity index (χ1n) is 7.32. The average molecular weight is 263 g/mol. The second-order valence-electron chi connectivity index (χ2n) is 5.68. The maximum Gasteiger partial charge on any atom is 0.154 e. The van der Waals surface area contributed by atoms with Crippen LogP contribution < -0.4 is 10.5 Å².